The molecule has 28 heavy (non-hydrogen) atoms. The zero-order chi connectivity index (χ0) is 20.5. The highest BCUT2D eigenvalue weighted by molar-refractivity contribution is 9.10. The molecule has 0 radical (unpaired) electrons. The van der Waals surface area contributed by atoms with Crippen molar-refractivity contribution in [2.24, 2.45) is 7.05 Å². The van der Waals surface area contributed by atoms with E-state index >= 15 is 0 Å². The zero-order valence-corrected chi connectivity index (χ0v) is 18.5. The summed E-state index contributed by atoms with van der Waals surface area (Å²) >= 11 is 3.31. The summed E-state index contributed by atoms with van der Waals surface area (Å²) in [6, 6.07) is 6.58. The topological polar surface area (TPSA) is 75.5 Å². The van der Waals surface area contributed by atoms with Gasteiger partial charge in [-0.3, -0.25) is 9.48 Å². The Hall–Kier alpha value is -1.97. The van der Waals surface area contributed by atoms with Gasteiger partial charge in [0.25, 0.3) is 0 Å². The van der Waals surface area contributed by atoms with Gasteiger partial charge in [-0.05, 0) is 44.2 Å². The molecule has 0 atom stereocenters. The van der Waals surface area contributed by atoms with Crippen molar-refractivity contribution in [3.63, 3.8) is 0 Å². The molecule has 1 aliphatic heterocycles. The number of hydrogen-bond acceptors (Lipinski definition) is 4. The van der Waals surface area contributed by atoms with Crippen LogP contribution in [0.1, 0.15) is 17.0 Å². The second-order valence-electron chi connectivity index (χ2n) is 6.72. The fourth-order valence-electron chi connectivity index (χ4n) is 3.20. The van der Waals surface area contributed by atoms with E-state index in [9.17, 15) is 13.2 Å². The van der Waals surface area contributed by atoms with E-state index in [0.717, 1.165) is 21.4 Å². The summed E-state index contributed by atoms with van der Waals surface area (Å²) in [6.07, 6.45) is 3.32. The van der Waals surface area contributed by atoms with Crippen molar-refractivity contribution in [3.8, 4) is 0 Å². The van der Waals surface area contributed by atoms with E-state index in [0.29, 0.717) is 13.1 Å². The molecule has 0 bridgehead atoms. The fraction of sp³-hybridized carbons (Fsp3) is 0.368. The van der Waals surface area contributed by atoms with E-state index in [2.05, 4.69) is 21.0 Å². The van der Waals surface area contributed by atoms with Gasteiger partial charge in [0, 0.05) is 55.0 Å². The first-order valence-electron chi connectivity index (χ1n) is 8.93. The highest BCUT2D eigenvalue weighted by Crippen LogP contribution is 2.20. The number of benzene rings is 1. The molecular weight excluding hydrogens is 444 g/mol. The maximum atomic E-state index is 12.7. The van der Waals surface area contributed by atoms with E-state index in [1.165, 1.54) is 10.4 Å². The number of aryl methyl sites for hydroxylation is 2. The molecule has 1 aliphatic rings. The maximum absolute atomic E-state index is 12.7. The number of rotatable bonds is 4. The Morgan fingerprint density at radius 2 is 1.71 bits per heavy atom. The molecule has 3 rings (SSSR count). The van der Waals surface area contributed by atoms with Crippen LogP contribution in [-0.4, -0.2) is 59.5 Å². The molecule has 0 saturated carbocycles. The van der Waals surface area contributed by atoms with Crippen LogP contribution in [-0.2, 0) is 21.9 Å². The number of amides is 1. The Balaban J connectivity index is 1.64. The quantitative estimate of drug-likeness (QED) is 0.648. The number of piperazine rings is 1. The summed E-state index contributed by atoms with van der Waals surface area (Å²) in [7, 11) is -1.68. The van der Waals surface area contributed by atoms with Crippen LogP contribution >= 0.6 is 15.9 Å². The standard InChI is InChI=1S/C19H23BrN4O3S/c1-14-18(15(2)22(3)21-14)8-9-19(25)23-10-12-24(13-11-23)28(26,27)17-6-4-16(20)5-7-17/h4-9H,10-13H2,1-3H3. The van der Waals surface area contributed by atoms with Crippen molar-refractivity contribution in [3.05, 3.63) is 51.8 Å². The van der Waals surface area contributed by atoms with Crippen molar-refractivity contribution in [2.45, 2.75) is 18.7 Å². The molecule has 0 unspecified atom stereocenters. The second kappa shape index (κ2) is 8.18. The van der Waals surface area contributed by atoms with Crippen LogP contribution in [0.5, 0.6) is 0 Å². The Bertz CT molecular complexity index is 1000. The minimum Gasteiger partial charge on any atom is -0.337 e. The van der Waals surface area contributed by atoms with Gasteiger partial charge in [-0.15, -0.1) is 0 Å². The normalized spacial score (nSPS) is 16.1. The summed E-state index contributed by atoms with van der Waals surface area (Å²) in [5, 5.41) is 4.34. The van der Waals surface area contributed by atoms with E-state index in [1.54, 1.807) is 39.9 Å². The predicted molar refractivity (Wildman–Crippen MR) is 111 cm³/mol. The highest BCUT2D eigenvalue weighted by atomic mass is 79.9. The fourth-order valence-corrected chi connectivity index (χ4v) is 4.88. The van der Waals surface area contributed by atoms with Gasteiger partial charge in [0.15, 0.2) is 0 Å². The molecule has 150 valence electrons. The Labute approximate surface area is 173 Å². The number of carbonyl (C=O) groups is 1. The molecule has 0 N–H and O–H groups in total. The summed E-state index contributed by atoms with van der Waals surface area (Å²) in [4.78, 5) is 14.4. The van der Waals surface area contributed by atoms with Crippen LogP contribution < -0.4 is 0 Å². The molecule has 7 nitrogen and oxygen atoms in total. The molecule has 0 aliphatic carbocycles. The maximum Gasteiger partial charge on any atom is 0.246 e. The lowest BCUT2D eigenvalue weighted by Crippen LogP contribution is -2.50. The Morgan fingerprint density at radius 1 is 1.11 bits per heavy atom. The van der Waals surface area contributed by atoms with Gasteiger partial charge in [0.2, 0.25) is 15.9 Å². The van der Waals surface area contributed by atoms with Crippen molar-refractivity contribution in [2.75, 3.05) is 26.2 Å². The molecule has 1 saturated heterocycles. The summed E-state index contributed by atoms with van der Waals surface area (Å²) in [5.41, 5.74) is 2.80. The largest absolute Gasteiger partial charge is 0.337 e. The average molecular weight is 467 g/mol. The highest BCUT2D eigenvalue weighted by Gasteiger charge is 2.29. The number of halogens is 1. The monoisotopic (exact) mass is 466 g/mol. The van der Waals surface area contributed by atoms with E-state index < -0.39 is 10.0 Å². The van der Waals surface area contributed by atoms with Gasteiger partial charge in [-0.25, -0.2) is 8.42 Å². The molecule has 1 fully saturated rings. The van der Waals surface area contributed by atoms with Crippen LogP contribution in [0.15, 0.2) is 39.7 Å². The lowest BCUT2D eigenvalue weighted by atomic mass is 10.2. The van der Waals surface area contributed by atoms with Crippen LogP contribution in [0.4, 0.5) is 0 Å². The summed E-state index contributed by atoms with van der Waals surface area (Å²) in [5.74, 6) is -0.122. The van der Waals surface area contributed by atoms with Gasteiger partial charge in [0.05, 0.1) is 10.6 Å². The van der Waals surface area contributed by atoms with Gasteiger partial charge in [0.1, 0.15) is 0 Å². The molecule has 1 amide bonds. The molecule has 2 heterocycles. The average Bonchev–Trinajstić information content (AvgIpc) is 2.92. The van der Waals surface area contributed by atoms with Gasteiger partial charge >= 0.3 is 0 Å². The van der Waals surface area contributed by atoms with E-state index in [1.807, 2.05) is 20.9 Å². The van der Waals surface area contributed by atoms with Crippen LogP contribution in [0, 0.1) is 13.8 Å². The first-order valence-corrected chi connectivity index (χ1v) is 11.2. The first kappa shape index (κ1) is 20.8. The number of sulfonamides is 1. The van der Waals surface area contributed by atoms with Crippen LogP contribution in [0.3, 0.4) is 0 Å². The first-order chi connectivity index (χ1) is 13.2. The summed E-state index contributed by atoms with van der Waals surface area (Å²) in [6.45, 7) is 5.15. The van der Waals surface area contributed by atoms with E-state index in [4.69, 9.17) is 0 Å². The molecular formula is C19H23BrN4O3S. The van der Waals surface area contributed by atoms with Gasteiger partial charge in [-0.2, -0.15) is 9.40 Å². The Kier molecular flexibility index (Phi) is 6.07. The van der Waals surface area contributed by atoms with Crippen molar-refractivity contribution < 1.29 is 13.2 Å². The lowest BCUT2D eigenvalue weighted by molar-refractivity contribution is -0.127. The summed E-state index contributed by atoms with van der Waals surface area (Å²) < 4.78 is 29.5. The predicted octanol–water partition coefficient (Wildman–Crippen LogP) is 2.35. The second-order valence-corrected chi connectivity index (χ2v) is 9.58. The lowest BCUT2D eigenvalue weighted by Gasteiger charge is -2.33. The number of carbonyl (C=O) groups excluding carboxylic acids is 1. The number of hydrogen-bond donors (Lipinski definition) is 0. The molecule has 9 heteroatoms. The van der Waals surface area contributed by atoms with Crippen LogP contribution in [0.25, 0.3) is 6.08 Å². The van der Waals surface area contributed by atoms with E-state index in [-0.39, 0.29) is 23.9 Å². The number of aromatic nitrogens is 2. The van der Waals surface area contributed by atoms with Crippen LogP contribution in [0.2, 0.25) is 0 Å². The smallest absolute Gasteiger partial charge is 0.246 e. The molecule has 1 aromatic carbocycles. The molecule has 1 aromatic heterocycles. The number of nitrogens with zero attached hydrogens (tertiary/aromatic N) is 4. The molecule has 0 spiro atoms. The Morgan fingerprint density at radius 3 is 2.25 bits per heavy atom. The minimum absolute atomic E-state index is 0.122. The van der Waals surface area contributed by atoms with Crippen molar-refractivity contribution in [1.82, 2.24) is 19.0 Å². The van der Waals surface area contributed by atoms with Crippen molar-refractivity contribution >= 4 is 37.9 Å². The SMILES string of the molecule is Cc1nn(C)c(C)c1C=CC(=O)N1CCN(S(=O)(=O)c2ccc(Br)cc2)CC1. The molecule has 2 aromatic rings. The zero-order valence-electron chi connectivity index (χ0n) is 16.1. The minimum atomic E-state index is -3.55. The van der Waals surface area contributed by atoms with Gasteiger partial charge in [-0.1, -0.05) is 15.9 Å². The third-order valence-corrected chi connectivity index (χ3v) is 7.40. The van der Waals surface area contributed by atoms with Gasteiger partial charge < -0.3 is 4.90 Å². The third-order valence-electron chi connectivity index (χ3n) is 4.96. The third kappa shape index (κ3) is 4.21. The van der Waals surface area contributed by atoms with Crippen molar-refractivity contribution in [1.29, 1.82) is 0 Å².